The second kappa shape index (κ2) is 8.17. The van der Waals surface area contributed by atoms with Gasteiger partial charge in [-0.3, -0.25) is 20.4 Å². The van der Waals surface area contributed by atoms with Crippen molar-refractivity contribution < 1.29 is 9.59 Å². The van der Waals surface area contributed by atoms with Crippen molar-refractivity contribution >= 4 is 23.4 Å². The highest BCUT2D eigenvalue weighted by Crippen LogP contribution is 2.22. The summed E-state index contributed by atoms with van der Waals surface area (Å²) < 4.78 is 0. The van der Waals surface area contributed by atoms with Gasteiger partial charge in [0, 0.05) is 5.02 Å². The third-order valence-electron chi connectivity index (χ3n) is 4.40. The van der Waals surface area contributed by atoms with Crippen molar-refractivity contribution in [1.82, 2.24) is 10.9 Å². The summed E-state index contributed by atoms with van der Waals surface area (Å²) >= 11 is 5.81. The van der Waals surface area contributed by atoms with Crippen LogP contribution in [0.4, 0.5) is 0 Å². The van der Waals surface area contributed by atoms with Crippen LogP contribution in [0.2, 0.25) is 5.02 Å². The molecule has 2 aromatic rings. The summed E-state index contributed by atoms with van der Waals surface area (Å²) in [7, 11) is 0. The van der Waals surface area contributed by atoms with Crippen LogP contribution in [-0.4, -0.2) is 11.8 Å². The zero-order chi connectivity index (χ0) is 17.6. The Balaban J connectivity index is 1.47. The Hall–Kier alpha value is -2.33. The molecule has 5 heteroatoms. The number of hydrogen-bond donors (Lipinski definition) is 2. The van der Waals surface area contributed by atoms with Crippen LogP contribution in [0.5, 0.6) is 0 Å². The molecule has 0 saturated heterocycles. The highest BCUT2D eigenvalue weighted by atomic mass is 35.5. The van der Waals surface area contributed by atoms with Crippen molar-refractivity contribution in [3.8, 4) is 0 Å². The Bertz CT molecular complexity index is 772. The van der Waals surface area contributed by atoms with Gasteiger partial charge in [0.05, 0.1) is 12.8 Å². The molecule has 25 heavy (non-hydrogen) atoms. The highest BCUT2D eigenvalue weighted by Gasteiger charge is 2.11. The predicted octanol–water partition coefficient (Wildman–Crippen LogP) is 3.15. The fourth-order valence-corrected chi connectivity index (χ4v) is 3.22. The van der Waals surface area contributed by atoms with Crippen molar-refractivity contribution in [2.75, 3.05) is 0 Å². The number of nitrogens with one attached hydrogen (secondary N) is 2. The molecule has 3 rings (SSSR count). The molecular weight excluding hydrogens is 336 g/mol. The van der Waals surface area contributed by atoms with E-state index in [1.165, 1.54) is 24.0 Å². The number of benzene rings is 2. The van der Waals surface area contributed by atoms with E-state index in [-0.39, 0.29) is 24.7 Å². The highest BCUT2D eigenvalue weighted by molar-refractivity contribution is 6.30. The minimum Gasteiger partial charge on any atom is -0.273 e. The van der Waals surface area contributed by atoms with E-state index < -0.39 is 0 Å². The molecule has 0 atom stereocenters. The number of halogens is 1. The van der Waals surface area contributed by atoms with E-state index in [4.69, 9.17) is 11.6 Å². The zero-order valence-electron chi connectivity index (χ0n) is 14.0. The number of rotatable bonds is 4. The summed E-state index contributed by atoms with van der Waals surface area (Å²) in [5.41, 5.74) is 9.50. The summed E-state index contributed by atoms with van der Waals surface area (Å²) in [6.45, 7) is 0. The average Bonchev–Trinajstić information content (AvgIpc) is 2.62. The quantitative estimate of drug-likeness (QED) is 0.827. The number of hydrogen-bond acceptors (Lipinski definition) is 2. The molecule has 0 bridgehead atoms. The number of carbonyl (C=O) groups excluding carboxylic acids is 2. The van der Waals surface area contributed by atoms with Crippen molar-refractivity contribution in [3.63, 3.8) is 0 Å². The van der Waals surface area contributed by atoms with Crippen LogP contribution in [0.3, 0.4) is 0 Å². The van der Waals surface area contributed by atoms with Crippen molar-refractivity contribution in [2.45, 2.75) is 38.5 Å². The first-order chi connectivity index (χ1) is 12.1. The molecule has 0 spiro atoms. The molecule has 0 aromatic heterocycles. The maximum Gasteiger partial charge on any atom is 0.242 e. The van der Waals surface area contributed by atoms with Crippen LogP contribution in [0.15, 0.2) is 42.5 Å². The second-order valence-electron chi connectivity index (χ2n) is 6.39. The second-order valence-corrected chi connectivity index (χ2v) is 6.82. The molecule has 0 fully saturated rings. The lowest BCUT2D eigenvalue weighted by Crippen LogP contribution is -2.43. The van der Waals surface area contributed by atoms with Gasteiger partial charge >= 0.3 is 0 Å². The van der Waals surface area contributed by atoms with Crippen LogP contribution in [0.25, 0.3) is 0 Å². The van der Waals surface area contributed by atoms with Gasteiger partial charge in [-0.25, -0.2) is 0 Å². The molecule has 1 aliphatic carbocycles. The summed E-state index contributed by atoms with van der Waals surface area (Å²) in [6.07, 6.45) is 5.12. The van der Waals surface area contributed by atoms with Crippen LogP contribution in [0.1, 0.15) is 35.1 Å². The number of hydrazine groups is 1. The van der Waals surface area contributed by atoms with E-state index in [1.54, 1.807) is 24.3 Å². The van der Waals surface area contributed by atoms with Crippen LogP contribution in [-0.2, 0) is 35.3 Å². The monoisotopic (exact) mass is 356 g/mol. The molecular formula is C20H21ClN2O2. The zero-order valence-corrected chi connectivity index (χ0v) is 14.7. The van der Waals surface area contributed by atoms with E-state index in [1.807, 2.05) is 6.07 Å². The number of carbonyl (C=O) groups is 2. The van der Waals surface area contributed by atoms with Gasteiger partial charge in [-0.2, -0.15) is 0 Å². The standard InChI is InChI=1S/C20H21ClN2O2/c21-18-9-6-14(7-10-18)12-19(24)22-23-20(25)13-15-5-8-16-3-1-2-4-17(16)11-15/h5-11H,1-4,12-13H2,(H,22,24)(H,23,25). The van der Waals surface area contributed by atoms with Gasteiger partial charge < -0.3 is 0 Å². The van der Waals surface area contributed by atoms with Crippen LogP contribution in [0, 0.1) is 0 Å². The van der Waals surface area contributed by atoms with Gasteiger partial charge in [0.15, 0.2) is 0 Å². The molecule has 2 aromatic carbocycles. The van der Waals surface area contributed by atoms with E-state index in [0.29, 0.717) is 5.02 Å². The first kappa shape index (κ1) is 17.5. The average molecular weight is 357 g/mol. The lowest BCUT2D eigenvalue weighted by atomic mass is 9.90. The Kier molecular flexibility index (Phi) is 5.71. The maximum absolute atomic E-state index is 12.0. The van der Waals surface area contributed by atoms with Gasteiger partial charge in [0.1, 0.15) is 0 Å². The molecule has 0 heterocycles. The fraction of sp³-hybridized carbons (Fsp3) is 0.300. The van der Waals surface area contributed by atoms with Gasteiger partial charge in [-0.1, -0.05) is 41.9 Å². The lowest BCUT2D eigenvalue weighted by molar-refractivity contribution is -0.128. The first-order valence-electron chi connectivity index (χ1n) is 8.53. The molecule has 130 valence electrons. The molecule has 0 saturated carbocycles. The summed E-state index contributed by atoms with van der Waals surface area (Å²) in [6, 6.07) is 13.3. The molecule has 1 aliphatic rings. The topological polar surface area (TPSA) is 58.2 Å². The smallest absolute Gasteiger partial charge is 0.242 e. The summed E-state index contributed by atoms with van der Waals surface area (Å²) in [5, 5.41) is 0.627. The lowest BCUT2D eigenvalue weighted by Gasteiger charge is -2.16. The van der Waals surface area contributed by atoms with E-state index in [0.717, 1.165) is 24.0 Å². The predicted molar refractivity (Wildman–Crippen MR) is 98.2 cm³/mol. The number of aryl methyl sites for hydroxylation is 2. The van der Waals surface area contributed by atoms with E-state index >= 15 is 0 Å². The maximum atomic E-state index is 12.0. The molecule has 0 aliphatic heterocycles. The summed E-state index contributed by atoms with van der Waals surface area (Å²) in [5.74, 6) is -0.485. The Labute approximate surface area is 152 Å². The van der Waals surface area contributed by atoms with Gasteiger partial charge in [-0.05, 0) is 60.1 Å². The van der Waals surface area contributed by atoms with E-state index in [2.05, 4.69) is 23.0 Å². The van der Waals surface area contributed by atoms with E-state index in [9.17, 15) is 9.59 Å². The van der Waals surface area contributed by atoms with Crippen molar-refractivity contribution in [1.29, 1.82) is 0 Å². The van der Waals surface area contributed by atoms with Gasteiger partial charge in [0.2, 0.25) is 11.8 Å². The number of amides is 2. The van der Waals surface area contributed by atoms with Crippen LogP contribution < -0.4 is 10.9 Å². The summed E-state index contributed by atoms with van der Waals surface area (Å²) in [4.78, 5) is 23.9. The molecule has 2 N–H and O–H groups in total. The fourth-order valence-electron chi connectivity index (χ4n) is 3.10. The molecule has 0 radical (unpaired) electrons. The Morgan fingerprint density at radius 1 is 0.800 bits per heavy atom. The first-order valence-corrected chi connectivity index (χ1v) is 8.91. The molecule has 4 nitrogen and oxygen atoms in total. The van der Waals surface area contributed by atoms with Gasteiger partial charge in [0.25, 0.3) is 0 Å². The van der Waals surface area contributed by atoms with Gasteiger partial charge in [-0.15, -0.1) is 0 Å². The minimum absolute atomic E-state index is 0.191. The van der Waals surface area contributed by atoms with Crippen LogP contribution >= 0.6 is 11.6 Å². The SMILES string of the molecule is O=C(Cc1ccc(Cl)cc1)NNC(=O)Cc1ccc2c(c1)CCCC2. The Morgan fingerprint density at radius 2 is 1.36 bits per heavy atom. The molecule has 0 unspecified atom stereocenters. The largest absolute Gasteiger partial charge is 0.273 e. The Morgan fingerprint density at radius 3 is 2.04 bits per heavy atom. The third-order valence-corrected chi connectivity index (χ3v) is 4.65. The van der Waals surface area contributed by atoms with Crippen molar-refractivity contribution in [2.24, 2.45) is 0 Å². The molecule has 2 amide bonds. The normalized spacial score (nSPS) is 13.0. The van der Waals surface area contributed by atoms with Crippen molar-refractivity contribution in [3.05, 3.63) is 69.7 Å². The third kappa shape index (κ3) is 5.07. The number of fused-ring (bicyclic) bond motifs is 1. The minimum atomic E-state index is -0.263.